The standard InChI is InChI=1S/C23H28O6/c1-4-28-29-13-19(26)23(27)10-8-17-16-6-5-14-11-15(24)7-9-21(14,2)20(16)18(25)12-22(17,23)3/h1,11,16-17,20,27H,5-10,12-13H2,2-3H3/t16?,17-,20+,21?,22?,23-/m0/s1. The van der Waals surface area contributed by atoms with Gasteiger partial charge in [0.15, 0.2) is 24.3 Å². The van der Waals surface area contributed by atoms with Crippen LogP contribution >= 0.6 is 0 Å². The van der Waals surface area contributed by atoms with Gasteiger partial charge in [-0.1, -0.05) is 25.8 Å². The zero-order valence-electron chi connectivity index (χ0n) is 17.0. The van der Waals surface area contributed by atoms with Crippen LogP contribution in [0.4, 0.5) is 0 Å². The van der Waals surface area contributed by atoms with Gasteiger partial charge in [-0.25, -0.2) is 0 Å². The second-order valence-corrected chi connectivity index (χ2v) is 9.69. The Bertz CT molecular complexity index is 837. The van der Waals surface area contributed by atoms with Crippen LogP contribution in [0.3, 0.4) is 0 Å². The maximum absolute atomic E-state index is 13.5. The fourth-order valence-corrected chi connectivity index (χ4v) is 7.08. The van der Waals surface area contributed by atoms with Crippen molar-refractivity contribution in [1.29, 1.82) is 0 Å². The largest absolute Gasteiger partial charge is 0.381 e. The van der Waals surface area contributed by atoms with Crippen molar-refractivity contribution in [2.24, 2.45) is 28.6 Å². The molecule has 0 aromatic rings. The quantitative estimate of drug-likeness (QED) is 0.338. The number of terminal acetylenes is 1. The third-order valence-electron chi connectivity index (χ3n) is 8.56. The summed E-state index contributed by atoms with van der Waals surface area (Å²) < 4.78 is 0. The number of Topliss-reactive ketones (excluding diaryl/α,β-unsaturated/α-hetero) is 2. The number of fused-ring (bicyclic) bond motifs is 5. The Morgan fingerprint density at radius 2 is 2.03 bits per heavy atom. The topological polar surface area (TPSA) is 89.9 Å². The summed E-state index contributed by atoms with van der Waals surface area (Å²) in [5, 5.41) is 11.4. The molecular weight excluding hydrogens is 372 g/mol. The number of aliphatic hydroxyl groups is 1. The van der Waals surface area contributed by atoms with Gasteiger partial charge in [-0.3, -0.25) is 19.3 Å². The van der Waals surface area contributed by atoms with Gasteiger partial charge in [-0.05, 0) is 55.4 Å². The first-order valence-electron chi connectivity index (χ1n) is 10.4. The van der Waals surface area contributed by atoms with Crippen LogP contribution in [0.5, 0.6) is 0 Å². The molecule has 0 aromatic heterocycles. The Balaban J connectivity index is 1.65. The van der Waals surface area contributed by atoms with Gasteiger partial charge in [-0.2, -0.15) is 4.89 Å². The highest BCUT2D eigenvalue weighted by atomic mass is 17.2. The van der Waals surface area contributed by atoms with Crippen LogP contribution in [-0.2, 0) is 24.2 Å². The summed E-state index contributed by atoms with van der Waals surface area (Å²) in [7, 11) is 0. The fourth-order valence-electron chi connectivity index (χ4n) is 7.08. The average molecular weight is 400 g/mol. The van der Waals surface area contributed by atoms with Crippen LogP contribution < -0.4 is 0 Å². The minimum Gasteiger partial charge on any atom is -0.381 e. The number of carbonyl (C=O) groups is 3. The maximum atomic E-state index is 13.5. The number of allylic oxidation sites excluding steroid dienone is 1. The van der Waals surface area contributed by atoms with Crippen LogP contribution in [-0.4, -0.2) is 34.7 Å². The van der Waals surface area contributed by atoms with E-state index in [9.17, 15) is 19.5 Å². The smallest absolute Gasteiger partial charge is 0.194 e. The zero-order chi connectivity index (χ0) is 21.0. The Morgan fingerprint density at radius 1 is 1.28 bits per heavy atom. The molecule has 1 N–H and O–H groups in total. The molecule has 156 valence electrons. The van der Waals surface area contributed by atoms with Gasteiger partial charge in [0.25, 0.3) is 0 Å². The predicted octanol–water partition coefficient (Wildman–Crippen LogP) is 2.54. The minimum absolute atomic E-state index is 0.0729. The number of hydrogen-bond donors (Lipinski definition) is 1. The first kappa shape index (κ1) is 20.3. The van der Waals surface area contributed by atoms with Gasteiger partial charge >= 0.3 is 0 Å². The van der Waals surface area contributed by atoms with Crippen molar-refractivity contribution < 1.29 is 29.3 Å². The van der Waals surface area contributed by atoms with E-state index in [4.69, 9.17) is 11.3 Å². The SMILES string of the molecule is C#COOCC(=O)[C@@]1(O)CC[C@H]2C3CCC4=CC(=O)CCC4(C)[C@H]3C(=O)CC21C. The fraction of sp³-hybridized carbons (Fsp3) is 0.696. The van der Waals surface area contributed by atoms with E-state index in [0.717, 1.165) is 18.4 Å². The number of ketones is 3. The van der Waals surface area contributed by atoms with Crippen molar-refractivity contribution in [3.8, 4) is 12.5 Å². The second-order valence-electron chi connectivity index (χ2n) is 9.69. The number of rotatable bonds is 4. The summed E-state index contributed by atoms with van der Waals surface area (Å²) in [6.45, 7) is 3.55. The molecule has 0 aromatic carbocycles. The van der Waals surface area contributed by atoms with E-state index in [1.54, 1.807) is 6.08 Å². The van der Waals surface area contributed by atoms with E-state index >= 15 is 0 Å². The van der Waals surface area contributed by atoms with Gasteiger partial charge < -0.3 is 5.11 Å². The first-order chi connectivity index (χ1) is 13.7. The lowest BCUT2D eigenvalue weighted by molar-refractivity contribution is -0.240. The van der Waals surface area contributed by atoms with Crippen molar-refractivity contribution in [1.82, 2.24) is 0 Å². The van der Waals surface area contributed by atoms with Crippen LogP contribution in [0.2, 0.25) is 0 Å². The Hall–Kier alpha value is -1.97. The van der Waals surface area contributed by atoms with Crippen LogP contribution in [0.25, 0.3) is 0 Å². The molecule has 0 radical (unpaired) electrons. The summed E-state index contributed by atoms with van der Waals surface area (Å²) in [5.41, 5.74) is -1.64. The molecule has 6 atom stereocenters. The molecule has 0 bridgehead atoms. The molecule has 0 spiro atoms. The molecule has 3 unspecified atom stereocenters. The predicted molar refractivity (Wildman–Crippen MR) is 103 cm³/mol. The molecule has 6 nitrogen and oxygen atoms in total. The van der Waals surface area contributed by atoms with Gasteiger partial charge in [-0.15, -0.1) is 0 Å². The van der Waals surface area contributed by atoms with Crippen molar-refractivity contribution in [3.63, 3.8) is 0 Å². The van der Waals surface area contributed by atoms with Gasteiger partial charge in [0, 0.05) is 24.2 Å². The molecule has 4 aliphatic carbocycles. The van der Waals surface area contributed by atoms with E-state index < -0.39 is 23.4 Å². The molecule has 4 rings (SSSR count). The normalized spacial score (nSPS) is 43.5. The second kappa shape index (κ2) is 6.78. The lowest BCUT2D eigenvalue weighted by Crippen LogP contribution is -2.61. The molecule has 0 amide bonds. The summed E-state index contributed by atoms with van der Waals surface area (Å²) in [4.78, 5) is 47.3. The summed E-state index contributed by atoms with van der Waals surface area (Å²) in [6.07, 6.45) is 12.5. The minimum atomic E-state index is -1.63. The monoisotopic (exact) mass is 400 g/mol. The summed E-state index contributed by atoms with van der Waals surface area (Å²) in [6, 6.07) is 0. The summed E-state index contributed by atoms with van der Waals surface area (Å²) >= 11 is 0. The number of hydrogen-bond acceptors (Lipinski definition) is 6. The third kappa shape index (κ3) is 2.74. The summed E-state index contributed by atoms with van der Waals surface area (Å²) in [5.74, 6) is -0.198. The molecule has 3 saturated carbocycles. The van der Waals surface area contributed by atoms with Crippen molar-refractivity contribution >= 4 is 17.3 Å². The van der Waals surface area contributed by atoms with Gasteiger partial charge in [0.1, 0.15) is 11.4 Å². The maximum Gasteiger partial charge on any atom is 0.194 e. The first-order valence-corrected chi connectivity index (χ1v) is 10.4. The third-order valence-corrected chi connectivity index (χ3v) is 8.56. The van der Waals surface area contributed by atoms with Crippen LogP contribution in [0, 0.1) is 41.1 Å². The Labute approximate surface area is 170 Å². The zero-order valence-corrected chi connectivity index (χ0v) is 17.0. The molecule has 0 saturated heterocycles. The molecule has 6 heteroatoms. The average Bonchev–Trinajstić information content (AvgIpc) is 2.94. The van der Waals surface area contributed by atoms with Gasteiger partial charge in [0.05, 0.1) is 0 Å². The van der Waals surface area contributed by atoms with Crippen LogP contribution in [0.15, 0.2) is 11.6 Å². The van der Waals surface area contributed by atoms with E-state index in [0.29, 0.717) is 25.7 Å². The van der Waals surface area contributed by atoms with E-state index in [1.807, 2.05) is 13.0 Å². The molecule has 3 fully saturated rings. The lowest BCUT2D eigenvalue weighted by atomic mass is 9.46. The van der Waals surface area contributed by atoms with E-state index in [2.05, 4.69) is 11.8 Å². The van der Waals surface area contributed by atoms with Gasteiger partial charge in [0.2, 0.25) is 0 Å². The number of carbonyl (C=O) groups excluding carboxylic acids is 3. The lowest BCUT2D eigenvalue weighted by Gasteiger charge is -2.57. The molecular formula is C23H28O6. The highest BCUT2D eigenvalue weighted by Crippen LogP contribution is 2.66. The van der Waals surface area contributed by atoms with Crippen LogP contribution in [0.1, 0.15) is 58.8 Å². The van der Waals surface area contributed by atoms with Crippen molar-refractivity contribution in [2.75, 3.05) is 6.61 Å². The highest BCUT2D eigenvalue weighted by Gasteiger charge is 2.68. The van der Waals surface area contributed by atoms with E-state index in [1.165, 1.54) is 0 Å². The molecule has 0 heterocycles. The van der Waals surface area contributed by atoms with Crippen molar-refractivity contribution in [2.45, 2.75) is 64.4 Å². The van der Waals surface area contributed by atoms with Crippen molar-refractivity contribution in [3.05, 3.63) is 11.6 Å². The Morgan fingerprint density at radius 3 is 2.76 bits per heavy atom. The van der Waals surface area contributed by atoms with E-state index in [-0.39, 0.29) is 41.2 Å². The highest BCUT2D eigenvalue weighted by molar-refractivity contribution is 5.94. The molecule has 29 heavy (non-hydrogen) atoms. The molecule has 0 aliphatic heterocycles. The Kier molecular flexibility index (Phi) is 4.75. The molecule has 4 aliphatic rings.